The molecule has 0 aliphatic heterocycles. The van der Waals surface area contributed by atoms with Crippen LogP contribution in [0.4, 0.5) is 11.5 Å². The maximum atomic E-state index is 11.4. The molecule has 0 unspecified atom stereocenters. The molecule has 2 rings (SSSR count). The number of aromatic amines is 1. The lowest BCUT2D eigenvalue weighted by molar-refractivity contribution is 0.929. The van der Waals surface area contributed by atoms with Crippen LogP contribution in [0.15, 0.2) is 39.9 Å². The van der Waals surface area contributed by atoms with Gasteiger partial charge >= 0.3 is 0 Å². The molecule has 1 aromatic heterocycles. The van der Waals surface area contributed by atoms with E-state index in [4.69, 9.17) is 11.6 Å². The van der Waals surface area contributed by atoms with E-state index in [9.17, 15) is 4.79 Å². The normalized spacial score (nSPS) is 10.4. The number of rotatable bonds is 5. The lowest BCUT2D eigenvalue weighted by Gasteiger charge is -2.08. The van der Waals surface area contributed by atoms with Gasteiger partial charge in [0.25, 0.3) is 5.56 Å². The highest BCUT2D eigenvalue weighted by Crippen LogP contribution is 2.20. The van der Waals surface area contributed by atoms with Gasteiger partial charge in [-0.15, -0.1) is 11.6 Å². The molecule has 0 bridgehead atoms. The van der Waals surface area contributed by atoms with Crippen molar-refractivity contribution in [3.8, 4) is 0 Å². The topological polar surface area (TPSA) is 57.8 Å². The average Bonchev–Trinajstić information content (AvgIpc) is 2.42. The largest absolute Gasteiger partial charge is 0.339 e. The summed E-state index contributed by atoms with van der Waals surface area (Å²) >= 11 is 8.90. The molecule has 2 N–H and O–H groups in total. The SMILES string of the molecule is O=c1[nH]cnc(Nc2cccc(CCCCl)c2)c1Br. The average molecular weight is 343 g/mol. The maximum Gasteiger partial charge on any atom is 0.267 e. The Kier molecular flexibility index (Phi) is 4.99. The summed E-state index contributed by atoms with van der Waals surface area (Å²) in [5.74, 6) is 1.15. The highest BCUT2D eigenvalue weighted by molar-refractivity contribution is 9.10. The first kappa shape index (κ1) is 14.1. The third-order valence-corrected chi connectivity index (χ3v) is 3.59. The molecule has 4 nitrogen and oxygen atoms in total. The van der Waals surface area contributed by atoms with Crippen LogP contribution in [-0.4, -0.2) is 15.8 Å². The molecule has 0 saturated carbocycles. The van der Waals surface area contributed by atoms with Gasteiger partial charge in [0.05, 0.1) is 6.33 Å². The zero-order valence-corrected chi connectivity index (χ0v) is 12.5. The number of nitrogens with zero attached hydrogens (tertiary/aromatic N) is 1. The van der Waals surface area contributed by atoms with E-state index in [2.05, 4.69) is 37.3 Å². The van der Waals surface area contributed by atoms with Gasteiger partial charge in [0, 0.05) is 11.6 Å². The smallest absolute Gasteiger partial charge is 0.267 e. The number of anilines is 2. The summed E-state index contributed by atoms with van der Waals surface area (Å²) in [7, 11) is 0. The van der Waals surface area contributed by atoms with Crippen molar-refractivity contribution >= 4 is 39.0 Å². The lowest BCUT2D eigenvalue weighted by Crippen LogP contribution is -2.10. The minimum absolute atomic E-state index is 0.212. The number of benzene rings is 1. The van der Waals surface area contributed by atoms with E-state index in [0.717, 1.165) is 18.5 Å². The Hall–Kier alpha value is -1.33. The summed E-state index contributed by atoms with van der Waals surface area (Å²) in [6.07, 6.45) is 3.24. The summed E-state index contributed by atoms with van der Waals surface area (Å²) in [5, 5.41) is 3.12. The van der Waals surface area contributed by atoms with E-state index >= 15 is 0 Å². The van der Waals surface area contributed by atoms with Gasteiger partial charge in [0.15, 0.2) is 5.82 Å². The standard InChI is InChI=1S/C13H13BrClN3O/c14-11-12(16-8-17-13(11)19)18-10-5-1-3-9(7-10)4-2-6-15/h1,3,5,7-8H,2,4,6H2,(H2,16,17,18,19). The molecule has 0 aliphatic carbocycles. The van der Waals surface area contributed by atoms with Crippen LogP contribution in [0.5, 0.6) is 0 Å². The van der Waals surface area contributed by atoms with E-state index in [1.54, 1.807) is 0 Å². The number of hydrogen-bond donors (Lipinski definition) is 2. The molecule has 1 aromatic carbocycles. The summed E-state index contributed by atoms with van der Waals surface area (Å²) < 4.78 is 0.390. The van der Waals surface area contributed by atoms with Crippen molar-refractivity contribution in [1.29, 1.82) is 0 Å². The van der Waals surface area contributed by atoms with Crippen LogP contribution >= 0.6 is 27.5 Å². The summed E-state index contributed by atoms with van der Waals surface area (Å²) in [6, 6.07) is 7.98. The Balaban J connectivity index is 2.19. The molecule has 2 aromatic rings. The van der Waals surface area contributed by atoms with Gasteiger partial charge in [-0.05, 0) is 46.5 Å². The van der Waals surface area contributed by atoms with E-state index < -0.39 is 0 Å². The molecule has 19 heavy (non-hydrogen) atoms. The van der Waals surface area contributed by atoms with Gasteiger partial charge in [0.2, 0.25) is 0 Å². The van der Waals surface area contributed by atoms with Crippen LogP contribution < -0.4 is 10.9 Å². The fraction of sp³-hybridized carbons (Fsp3) is 0.231. The van der Waals surface area contributed by atoms with Crippen molar-refractivity contribution in [1.82, 2.24) is 9.97 Å². The molecular formula is C13H13BrClN3O. The van der Waals surface area contributed by atoms with Crippen LogP contribution in [0, 0.1) is 0 Å². The Morgan fingerprint density at radius 1 is 1.42 bits per heavy atom. The van der Waals surface area contributed by atoms with E-state index in [1.165, 1.54) is 11.9 Å². The third kappa shape index (κ3) is 3.81. The summed E-state index contributed by atoms with van der Waals surface area (Å²) in [4.78, 5) is 18.0. The van der Waals surface area contributed by atoms with Gasteiger partial charge in [-0.3, -0.25) is 4.79 Å². The first-order valence-electron chi connectivity index (χ1n) is 5.86. The Morgan fingerprint density at radius 2 is 2.26 bits per heavy atom. The summed E-state index contributed by atoms with van der Waals surface area (Å²) in [6.45, 7) is 0. The predicted molar refractivity (Wildman–Crippen MR) is 81.3 cm³/mol. The van der Waals surface area contributed by atoms with Crippen molar-refractivity contribution in [2.24, 2.45) is 0 Å². The summed E-state index contributed by atoms with van der Waals surface area (Å²) in [5.41, 5.74) is 1.88. The molecule has 100 valence electrons. The number of aryl methyl sites for hydroxylation is 1. The minimum Gasteiger partial charge on any atom is -0.339 e. The van der Waals surface area contributed by atoms with Crippen molar-refractivity contribution in [3.63, 3.8) is 0 Å². The quantitative estimate of drug-likeness (QED) is 0.818. The number of alkyl halides is 1. The number of halogens is 2. The first-order valence-corrected chi connectivity index (χ1v) is 7.18. The lowest BCUT2D eigenvalue weighted by atomic mass is 10.1. The second-order valence-corrected chi connectivity index (χ2v) is 5.18. The Morgan fingerprint density at radius 3 is 3.05 bits per heavy atom. The fourth-order valence-corrected chi connectivity index (χ4v) is 2.13. The number of hydrogen-bond acceptors (Lipinski definition) is 3. The second-order valence-electron chi connectivity index (χ2n) is 4.01. The van der Waals surface area contributed by atoms with Crippen molar-refractivity contribution < 1.29 is 0 Å². The molecule has 0 fully saturated rings. The van der Waals surface area contributed by atoms with E-state index in [-0.39, 0.29) is 5.56 Å². The zero-order valence-electron chi connectivity index (χ0n) is 10.1. The Bertz CT molecular complexity index is 615. The number of H-pyrrole nitrogens is 1. The van der Waals surface area contributed by atoms with Crippen LogP contribution in [0.2, 0.25) is 0 Å². The molecule has 0 amide bonds. The van der Waals surface area contributed by atoms with Gasteiger partial charge in [-0.1, -0.05) is 12.1 Å². The molecule has 1 heterocycles. The van der Waals surface area contributed by atoms with Gasteiger partial charge in [0.1, 0.15) is 4.47 Å². The van der Waals surface area contributed by atoms with Crippen molar-refractivity contribution in [3.05, 3.63) is 51.0 Å². The minimum atomic E-state index is -0.212. The molecule has 0 aliphatic rings. The van der Waals surface area contributed by atoms with E-state index in [1.807, 2.05) is 18.2 Å². The monoisotopic (exact) mass is 341 g/mol. The molecule has 0 atom stereocenters. The van der Waals surface area contributed by atoms with Crippen LogP contribution in [-0.2, 0) is 6.42 Å². The second kappa shape index (κ2) is 6.73. The highest BCUT2D eigenvalue weighted by Gasteiger charge is 2.05. The molecule has 0 spiro atoms. The number of aromatic nitrogens is 2. The van der Waals surface area contributed by atoms with Crippen molar-refractivity contribution in [2.75, 3.05) is 11.2 Å². The van der Waals surface area contributed by atoms with Gasteiger partial charge in [-0.25, -0.2) is 4.98 Å². The highest BCUT2D eigenvalue weighted by atomic mass is 79.9. The maximum absolute atomic E-state index is 11.4. The van der Waals surface area contributed by atoms with Crippen LogP contribution in [0.3, 0.4) is 0 Å². The molecular weight excluding hydrogens is 330 g/mol. The van der Waals surface area contributed by atoms with Gasteiger partial charge in [-0.2, -0.15) is 0 Å². The first-order chi connectivity index (χ1) is 9.20. The molecule has 6 heteroatoms. The molecule has 0 saturated heterocycles. The predicted octanol–water partition coefficient (Wildman–Crippen LogP) is 3.45. The zero-order chi connectivity index (χ0) is 13.7. The van der Waals surface area contributed by atoms with Gasteiger partial charge < -0.3 is 10.3 Å². The van der Waals surface area contributed by atoms with Crippen LogP contribution in [0.1, 0.15) is 12.0 Å². The van der Waals surface area contributed by atoms with E-state index in [0.29, 0.717) is 16.2 Å². The third-order valence-electron chi connectivity index (χ3n) is 2.59. The fourth-order valence-electron chi connectivity index (χ4n) is 1.68. The Labute approximate surface area is 124 Å². The van der Waals surface area contributed by atoms with Crippen LogP contribution in [0.25, 0.3) is 0 Å². The van der Waals surface area contributed by atoms with Crippen molar-refractivity contribution in [2.45, 2.75) is 12.8 Å². The number of nitrogens with one attached hydrogen (secondary N) is 2. The molecule has 0 radical (unpaired) electrons.